The molecule has 2 aromatic carbocycles. The highest BCUT2D eigenvalue weighted by molar-refractivity contribution is 8.12. The van der Waals surface area contributed by atoms with Gasteiger partial charge in [0.1, 0.15) is 17.2 Å². The first kappa shape index (κ1) is 16.8. The molecule has 1 amide bonds. The molecular weight excluding hydrogens is 348 g/mol. The fraction of sp³-hybridized carbons (Fsp3) is 0.211. The Morgan fingerprint density at radius 3 is 2.81 bits per heavy atom. The number of nitrogens with zero attached hydrogens (tertiary/aromatic N) is 3. The number of para-hydroxylation sites is 1. The molecule has 0 aliphatic carbocycles. The first-order chi connectivity index (χ1) is 12.7. The van der Waals surface area contributed by atoms with Gasteiger partial charge in [-0.25, -0.2) is 9.71 Å². The first-order valence-corrected chi connectivity index (χ1v) is 9.07. The van der Waals surface area contributed by atoms with E-state index >= 15 is 0 Å². The van der Waals surface area contributed by atoms with E-state index in [1.165, 1.54) is 5.56 Å². The highest BCUT2D eigenvalue weighted by Gasteiger charge is 2.32. The van der Waals surface area contributed by atoms with Crippen molar-refractivity contribution < 1.29 is 9.90 Å². The van der Waals surface area contributed by atoms with Crippen molar-refractivity contribution in [3.8, 4) is 6.07 Å². The lowest BCUT2D eigenvalue weighted by atomic mass is 10.1. The normalized spacial score (nSPS) is 23.1. The van der Waals surface area contributed by atoms with Crippen LogP contribution in [0.25, 0.3) is 0 Å². The standard InChI is InChI=1S/C19H16N4O2S/c20-11-15-17(24)22-26-18(15)21-14-7-5-13(6-8-14)19(25)23-10-9-12-3-1-2-4-16(12)23/h1-8,15,17,22,24H,9-10H2. The van der Waals surface area contributed by atoms with Gasteiger partial charge in [0.05, 0.1) is 11.8 Å². The van der Waals surface area contributed by atoms with Gasteiger partial charge in [-0.05, 0) is 54.3 Å². The minimum Gasteiger partial charge on any atom is -0.376 e. The Morgan fingerprint density at radius 1 is 1.27 bits per heavy atom. The number of aliphatic imine (C=N–C) groups is 1. The molecule has 7 heteroatoms. The third-order valence-corrected chi connectivity index (χ3v) is 5.40. The molecule has 2 atom stereocenters. The van der Waals surface area contributed by atoms with Crippen molar-refractivity contribution >= 4 is 34.3 Å². The third-order valence-electron chi connectivity index (χ3n) is 4.49. The topological polar surface area (TPSA) is 88.7 Å². The predicted molar refractivity (Wildman–Crippen MR) is 101 cm³/mol. The molecule has 2 aliphatic heterocycles. The second-order valence-electron chi connectivity index (χ2n) is 6.10. The van der Waals surface area contributed by atoms with Crippen molar-refractivity contribution in [2.45, 2.75) is 12.6 Å². The van der Waals surface area contributed by atoms with E-state index in [0.29, 0.717) is 22.8 Å². The number of rotatable bonds is 2. The number of nitrogens with one attached hydrogen (secondary N) is 1. The first-order valence-electron chi connectivity index (χ1n) is 8.26. The summed E-state index contributed by atoms with van der Waals surface area (Å²) in [6.07, 6.45) is -0.0460. The van der Waals surface area contributed by atoms with E-state index in [1.54, 1.807) is 29.2 Å². The Kier molecular flexibility index (Phi) is 4.47. The fourth-order valence-corrected chi connectivity index (χ4v) is 3.95. The van der Waals surface area contributed by atoms with Crippen molar-refractivity contribution in [3.63, 3.8) is 0 Å². The summed E-state index contributed by atoms with van der Waals surface area (Å²) in [5, 5.41) is 19.3. The summed E-state index contributed by atoms with van der Waals surface area (Å²) >= 11 is 1.15. The van der Waals surface area contributed by atoms with E-state index in [-0.39, 0.29) is 5.91 Å². The van der Waals surface area contributed by atoms with E-state index < -0.39 is 12.1 Å². The van der Waals surface area contributed by atoms with E-state index in [4.69, 9.17) is 5.26 Å². The van der Waals surface area contributed by atoms with Gasteiger partial charge in [-0.2, -0.15) is 5.26 Å². The SMILES string of the molecule is N#CC1C(=Nc2ccc(C(=O)N3CCc4ccccc43)cc2)SNC1O. The van der Waals surface area contributed by atoms with Crippen LogP contribution in [0.15, 0.2) is 53.5 Å². The van der Waals surface area contributed by atoms with Gasteiger partial charge < -0.3 is 10.0 Å². The fourth-order valence-electron chi connectivity index (χ4n) is 3.12. The van der Waals surface area contributed by atoms with Crippen LogP contribution >= 0.6 is 11.9 Å². The lowest BCUT2D eigenvalue weighted by molar-refractivity contribution is 0.0989. The number of aliphatic hydroxyl groups excluding tert-OH is 1. The van der Waals surface area contributed by atoms with Gasteiger partial charge in [-0.3, -0.25) is 4.79 Å². The van der Waals surface area contributed by atoms with Crippen LogP contribution in [-0.4, -0.2) is 28.8 Å². The van der Waals surface area contributed by atoms with Gasteiger partial charge in [0.25, 0.3) is 5.91 Å². The summed E-state index contributed by atoms with van der Waals surface area (Å²) in [6.45, 7) is 0.687. The van der Waals surface area contributed by atoms with E-state index in [0.717, 1.165) is 24.1 Å². The molecule has 2 aromatic rings. The number of carbonyl (C=O) groups excluding carboxylic acids is 1. The number of nitriles is 1. The Labute approximate surface area is 155 Å². The van der Waals surface area contributed by atoms with Crippen molar-refractivity contribution in [2.75, 3.05) is 11.4 Å². The Bertz CT molecular complexity index is 920. The highest BCUT2D eigenvalue weighted by Crippen LogP contribution is 2.30. The molecule has 0 spiro atoms. The predicted octanol–water partition coefficient (Wildman–Crippen LogP) is 2.63. The molecule has 0 aromatic heterocycles. The van der Waals surface area contributed by atoms with Gasteiger partial charge in [-0.15, -0.1) is 0 Å². The van der Waals surface area contributed by atoms with Gasteiger partial charge in [0, 0.05) is 17.8 Å². The van der Waals surface area contributed by atoms with E-state index in [1.807, 2.05) is 24.3 Å². The van der Waals surface area contributed by atoms with Crippen molar-refractivity contribution in [1.29, 1.82) is 5.26 Å². The number of hydrogen-bond acceptors (Lipinski definition) is 6. The summed E-state index contributed by atoms with van der Waals surface area (Å²) in [5.74, 6) is -0.709. The molecule has 1 saturated heterocycles. The maximum atomic E-state index is 12.8. The number of aliphatic hydroxyl groups is 1. The number of carbonyl (C=O) groups is 1. The van der Waals surface area contributed by atoms with Crippen LogP contribution < -0.4 is 9.62 Å². The lowest BCUT2D eigenvalue weighted by Gasteiger charge is -2.17. The second-order valence-corrected chi connectivity index (χ2v) is 6.96. The molecule has 2 N–H and O–H groups in total. The highest BCUT2D eigenvalue weighted by atomic mass is 32.2. The lowest BCUT2D eigenvalue weighted by Crippen LogP contribution is -2.28. The van der Waals surface area contributed by atoms with Gasteiger partial charge in [0.15, 0.2) is 0 Å². The maximum Gasteiger partial charge on any atom is 0.258 e. The van der Waals surface area contributed by atoms with Crippen LogP contribution in [0.3, 0.4) is 0 Å². The van der Waals surface area contributed by atoms with Crippen LogP contribution in [-0.2, 0) is 6.42 Å². The molecule has 2 unspecified atom stereocenters. The Morgan fingerprint density at radius 2 is 2.04 bits per heavy atom. The molecule has 4 rings (SSSR count). The summed E-state index contributed by atoms with van der Waals surface area (Å²) in [5.41, 5.74) is 3.40. The average Bonchev–Trinajstić information content (AvgIpc) is 3.25. The number of benzene rings is 2. The van der Waals surface area contributed by atoms with Crippen molar-refractivity contribution in [3.05, 3.63) is 59.7 Å². The molecule has 1 fully saturated rings. The summed E-state index contributed by atoms with van der Waals surface area (Å²) in [4.78, 5) is 19.0. The Balaban J connectivity index is 1.54. The van der Waals surface area contributed by atoms with E-state index in [2.05, 4.69) is 15.8 Å². The van der Waals surface area contributed by atoms with Gasteiger partial charge in [-0.1, -0.05) is 18.2 Å². The summed E-state index contributed by atoms with van der Waals surface area (Å²) in [7, 11) is 0. The molecule has 2 aliphatic rings. The minimum atomic E-state index is -0.917. The largest absolute Gasteiger partial charge is 0.376 e. The molecule has 0 bridgehead atoms. The monoisotopic (exact) mass is 364 g/mol. The molecule has 130 valence electrons. The summed E-state index contributed by atoms with van der Waals surface area (Å²) in [6, 6.07) is 17.0. The van der Waals surface area contributed by atoms with Gasteiger partial charge in [0.2, 0.25) is 0 Å². The zero-order valence-electron chi connectivity index (χ0n) is 13.8. The number of amides is 1. The van der Waals surface area contributed by atoms with Crippen LogP contribution in [0.5, 0.6) is 0 Å². The molecule has 2 heterocycles. The second kappa shape index (κ2) is 6.92. The van der Waals surface area contributed by atoms with Crippen LogP contribution in [0, 0.1) is 17.2 Å². The smallest absolute Gasteiger partial charge is 0.258 e. The minimum absolute atomic E-state index is 0.0311. The van der Waals surface area contributed by atoms with Crippen LogP contribution in [0.4, 0.5) is 11.4 Å². The molecule has 0 saturated carbocycles. The molecule has 6 nitrogen and oxygen atoms in total. The molecule has 26 heavy (non-hydrogen) atoms. The third kappa shape index (κ3) is 2.99. The number of anilines is 1. The molecular formula is C19H16N4O2S. The zero-order chi connectivity index (χ0) is 18.1. The van der Waals surface area contributed by atoms with Gasteiger partial charge >= 0.3 is 0 Å². The van der Waals surface area contributed by atoms with Crippen LogP contribution in [0.2, 0.25) is 0 Å². The van der Waals surface area contributed by atoms with Crippen molar-refractivity contribution in [2.24, 2.45) is 10.9 Å². The van der Waals surface area contributed by atoms with E-state index in [9.17, 15) is 9.90 Å². The van der Waals surface area contributed by atoms with Crippen molar-refractivity contribution in [1.82, 2.24) is 4.72 Å². The number of fused-ring (bicyclic) bond motifs is 1. The van der Waals surface area contributed by atoms with Crippen LogP contribution in [0.1, 0.15) is 15.9 Å². The average molecular weight is 364 g/mol. The quantitative estimate of drug-likeness (QED) is 0.800. The maximum absolute atomic E-state index is 12.8. The summed E-state index contributed by atoms with van der Waals surface area (Å²) < 4.78 is 2.73. The zero-order valence-corrected chi connectivity index (χ0v) is 14.6. The Hall–Kier alpha value is -2.66. The molecule has 0 radical (unpaired) electrons. The number of hydrogen-bond donors (Lipinski definition) is 2.